The van der Waals surface area contributed by atoms with Gasteiger partial charge in [0.25, 0.3) is 0 Å². The number of nitrogens with zero attached hydrogens (tertiary/aromatic N) is 3. The lowest BCUT2D eigenvalue weighted by Crippen LogP contribution is -2.07. The van der Waals surface area contributed by atoms with E-state index >= 15 is 0 Å². The molecular weight excluding hydrogens is 361 g/mol. The maximum Gasteiger partial charge on any atom is 0.451 e. The molecule has 0 atom stereocenters. The van der Waals surface area contributed by atoms with Crippen LogP contribution in [0.2, 0.25) is 5.02 Å². The summed E-state index contributed by atoms with van der Waals surface area (Å²) < 4.78 is 38.4. The number of aromatic amines is 3. The van der Waals surface area contributed by atoms with E-state index in [9.17, 15) is 18.3 Å². The summed E-state index contributed by atoms with van der Waals surface area (Å²) in [5, 5.41) is 24.0. The molecule has 3 heterocycles. The van der Waals surface area contributed by atoms with Crippen LogP contribution in [0.4, 0.5) is 13.2 Å². The third kappa shape index (κ3) is 2.41. The quantitative estimate of drug-likeness (QED) is 0.432. The Morgan fingerprint density at radius 3 is 2.56 bits per heavy atom. The first-order chi connectivity index (χ1) is 11.9. The number of H-pyrrole nitrogens is 3. The van der Waals surface area contributed by atoms with Gasteiger partial charge in [-0.05, 0) is 6.07 Å². The van der Waals surface area contributed by atoms with E-state index in [1.54, 1.807) is 12.3 Å². The van der Waals surface area contributed by atoms with Gasteiger partial charge < -0.3 is 15.1 Å². The highest BCUT2D eigenvalue weighted by atomic mass is 35.5. The third-order valence-electron chi connectivity index (χ3n) is 3.68. The minimum Gasteiger partial charge on any atom is -0.504 e. The van der Waals surface area contributed by atoms with Crippen LogP contribution in [0.5, 0.6) is 5.75 Å². The van der Waals surface area contributed by atoms with Crippen molar-refractivity contribution in [3.05, 3.63) is 35.4 Å². The molecule has 4 aromatic rings. The van der Waals surface area contributed by atoms with Crippen molar-refractivity contribution < 1.29 is 18.3 Å². The highest BCUT2D eigenvalue weighted by molar-refractivity contribution is 6.33. The molecular formula is C14H8ClF3N6O. The molecule has 3 aromatic heterocycles. The predicted molar refractivity (Wildman–Crippen MR) is 82.9 cm³/mol. The van der Waals surface area contributed by atoms with Crippen molar-refractivity contribution in [2.24, 2.45) is 0 Å². The average molecular weight is 369 g/mol. The second-order valence-electron chi connectivity index (χ2n) is 5.20. The van der Waals surface area contributed by atoms with Crippen molar-refractivity contribution in [2.75, 3.05) is 0 Å². The Morgan fingerprint density at radius 1 is 1.12 bits per heavy atom. The Morgan fingerprint density at radius 2 is 1.92 bits per heavy atom. The van der Waals surface area contributed by atoms with Crippen molar-refractivity contribution in [1.29, 1.82) is 0 Å². The van der Waals surface area contributed by atoms with Gasteiger partial charge in [0.1, 0.15) is 0 Å². The van der Waals surface area contributed by atoms with Gasteiger partial charge in [0.15, 0.2) is 11.6 Å². The normalized spacial score (nSPS) is 12.2. The number of benzene rings is 1. The second kappa shape index (κ2) is 5.24. The van der Waals surface area contributed by atoms with E-state index in [1.165, 1.54) is 12.3 Å². The molecule has 0 unspecified atom stereocenters. The van der Waals surface area contributed by atoms with E-state index in [0.29, 0.717) is 16.5 Å². The molecule has 7 nitrogen and oxygen atoms in total. The molecule has 4 N–H and O–H groups in total. The van der Waals surface area contributed by atoms with Gasteiger partial charge in [0.2, 0.25) is 5.82 Å². The van der Waals surface area contributed by atoms with Crippen molar-refractivity contribution >= 4 is 22.5 Å². The van der Waals surface area contributed by atoms with E-state index < -0.39 is 12.0 Å². The van der Waals surface area contributed by atoms with E-state index in [1.807, 2.05) is 0 Å². The number of fused-ring (bicyclic) bond motifs is 1. The van der Waals surface area contributed by atoms with E-state index in [0.717, 1.165) is 0 Å². The monoisotopic (exact) mass is 368 g/mol. The zero-order chi connectivity index (χ0) is 17.8. The molecule has 1 aromatic carbocycles. The average Bonchev–Trinajstić information content (AvgIpc) is 3.27. The van der Waals surface area contributed by atoms with Crippen LogP contribution in [0.1, 0.15) is 5.82 Å². The van der Waals surface area contributed by atoms with Gasteiger partial charge in [-0.3, -0.25) is 5.10 Å². The smallest absolute Gasteiger partial charge is 0.451 e. The summed E-state index contributed by atoms with van der Waals surface area (Å²) >= 11 is 5.91. The highest BCUT2D eigenvalue weighted by Gasteiger charge is 2.36. The number of hydrogen-bond donors (Lipinski definition) is 4. The van der Waals surface area contributed by atoms with Crippen LogP contribution in [0.3, 0.4) is 0 Å². The summed E-state index contributed by atoms with van der Waals surface area (Å²) in [6.07, 6.45) is -1.59. The maximum absolute atomic E-state index is 12.8. The third-order valence-corrected chi connectivity index (χ3v) is 3.98. The molecule has 0 saturated heterocycles. The van der Waals surface area contributed by atoms with Gasteiger partial charge in [-0.1, -0.05) is 17.7 Å². The maximum atomic E-state index is 12.8. The van der Waals surface area contributed by atoms with Gasteiger partial charge in [0.05, 0.1) is 22.4 Å². The fourth-order valence-corrected chi connectivity index (χ4v) is 2.75. The summed E-state index contributed by atoms with van der Waals surface area (Å²) in [6.45, 7) is 0. The Kier molecular flexibility index (Phi) is 3.25. The molecule has 0 bridgehead atoms. The summed E-state index contributed by atoms with van der Waals surface area (Å²) in [4.78, 5) is 5.01. The summed E-state index contributed by atoms with van der Waals surface area (Å²) in [6, 6.07) is 3.13. The van der Waals surface area contributed by atoms with E-state index in [-0.39, 0.29) is 27.8 Å². The predicted octanol–water partition coefficient (Wildman–Crippen LogP) is 3.72. The highest BCUT2D eigenvalue weighted by Crippen LogP contribution is 2.42. The van der Waals surface area contributed by atoms with Crippen LogP contribution in [-0.4, -0.2) is 35.5 Å². The first kappa shape index (κ1) is 15.5. The molecule has 0 saturated carbocycles. The van der Waals surface area contributed by atoms with Crippen LogP contribution >= 0.6 is 11.6 Å². The van der Waals surface area contributed by atoms with E-state index in [2.05, 4.69) is 30.4 Å². The minimum absolute atomic E-state index is 0.104. The lowest BCUT2D eigenvalue weighted by Gasteiger charge is -2.01. The Bertz CT molecular complexity index is 1070. The first-order valence-corrected chi connectivity index (χ1v) is 7.26. The molecule has 0 fully saturated rings. The number of rotatable bonds is 2. The van der Waals surface area contributed by atoms with Crippen LogP contribution in [-0.2, 0) is 6.18 Å². The lowest BCUT2D eigenvalue weighted by atomic mass is 10.0. The van der Waals surface area contributed by atoms with Gasteiger partial charge in [-0.2, -0.15) is 18.3 Å². The fraction of sp³-hybridized carbons (Fsp3) is 0.0714. The Labute approximate surface area is 141 Å². The molecule has 128 valence electrons. The number of hydrogen-bond acceptors (Lipinski definition) is 4. The second-order valence-corrected chi connectivity index (χ2v) is 5.61. The van der Waals surface area contributed by atoms with Crippen molar-refractivity contribution in [2.45, 2.75) is 6.18 Å². The van der Waals surface area contributed by atoms with Gasteiger partial charge >= 0.3 is 6.18 Å². The van der Waals surface area contributed by atoms with Crippen LogP contribution in [0.15, 0.2) is 24.5 Å². The summed E-state index contributed by atoms with van der Waals surface area (Å²) in [5.74, 6) is -1.57. The van der Waals surface area contributed by atoms with Gasteiger partial charge in [-0.25, -0.2) is 0 Å². The van der Waals surface area contributed by atoms with Crippen molar-refractivity contribution in [3.8, 4) is 28.4 Å². The van der Waals surface area contributed by atoms with Crippen molar-refractivity contribution in [1.82, 2.24) is 30.4 Å². The molecule has 0 radical (unpaired) electrons. The number of phenolic OH excluding ortho intramolecular Hbond substituents is 1. The fourth-order valence-electron chi connectivity index (χ4n) is 2.59. The standard InChI is InChI=1S/C14H8ClF3N6O/c15-7-2-1-6-8(5-3-19-20-4-5)10(21-9(6)11(7)25)12-22-13(24-23-12)14(16,17)18/h1-4,21,25H,(H,19,20)(H,22,23,24). The van der Waals surface area contributed by atoms with Crippen LogP contribution in [0.25, 0.3) is 33.5 Å². The van der Waals surface area contributed by atoms with E-state index in [4.69, 9.17) is 11.6 Å². The largest absolute Gasteiger partial charge is 0.504 e. The Hall–Kier alpha value is -3.01. The van der Waals surface area contributed by atoms with Gasteiger partial charge in [0, 0.05) is 22.7 Å². The minimum atomic E-state index is -4.65. The van der Waals surface area contributed by atoms with Crippen LogP contribution < -0.4 is 0 Å². The Balaban J connectivity index is 2.02. The molecule has 0 spiro atoms. The lowest BCUT2D eigenvalue weighted by molar-refractivity contribution is -0.144. The molecule has 11 heteroatoms. The molecule has 0 aliphatic carbocycles. The zero-order valence-electron chi connectivity index (χ0n) is 12.1. The number of aromatic nitrogens is 6. The van der Waals surface area contributed by atoms with Gasteiger partial charge in [-0.15, -0.1) is 10.2 Å². The summed E-state index contributed by atoms with van der Waals surface area (Å²) in [5.41, 5.74) is 1.58. The SMILES string of the molecule is Oc1c(Cl)ccc2c(-c3cn[nH]c3)c(-c3nnc(C(F)(F)F)[nH]3)[nH]c12. The molecule has 4 rings (SSSR count). The number of phenols is 1. The first-order valence-electron chi connectivity index (χ1n) is 6.89. The molecule has 0 aliphatic heterocycles. The molecule has 0 amide bonds. The topological polar surface area (TPSA) is 106 Å². The summed E-state index contributed by atoms with van der Waals surface area (Å²) in [7, 11) is 0. The van der Waals surface area contributed by atoms with Crippen LogP contribution in [0, 0.1) is 0 Å². The number of halogens is 4. The van der Waals surface area contributed by atoms with Crippen molar-refractivity contribution in [3.63, 3.8) is 0 Å². The number of aromatic hydroxyl groups is 1. The molecule has 25 heavy (non-hydrogen) atoms. The zero-order valence-corrected chi connectivity index (χ0v) is 12.9. The molecule has 0 aliphatic rings. The number of nitrogens with one attached hydrogen (secondary N) is 3. The number of alkyl halides is 3.